The van der Waals surface area contributed by atoms with Crippen molar-refractivity contribution in [2.75, 3.05) is 13.2 Å². The number of rotatable bonds is 2. The summed E-state index contributed by atoms with van der Waals surface area (Å²) < 4.78 is 5.08. The Hall–Kier alpha value is 0.270. The Morgan fingerprint density at radius 2 is 2.09 bits per heavy atom. The predicted molar refractivity (Wildman–Crippen MR) is 45.8 cm³/mol. The SMILES string of the molecule is O[C@@H]1CCC[C@H]1SC1COC1. The van der Waals surface area contributed by atoms with E-state index in [4.69, 9.17) is 4.74 Å². The Morgan fingerprint density at radius 1 is 1.27 bits per heavy atom. The molecule has 2 atom stereocenters. The van der Waals surface area contributed by atoms with Crippen molar-refractivity contribution in [1.82, 2.24) is 0 Å². The van der Waals surface area contributed by atoms with Crippen LogP contribution in [-0.4, -0.2) is 34.9 Å². The molecule has 11 heavy (non-hydrogen) atoms. The molecule has 0 unspecified atom stereocenters. The van der Waals surface area contributed by atoms with Crippen molar-refractivity contribution in [3.8, 4) is 0 Å². The molecule has 2 nitrogen and oxygen atoms in total. The maximum absolute atomic E-state index is 9.50. The molecule has 0 radical (unpaired) electrons. The van der Waals surface area contributed by atoms with E-state index in [0.717, 1.165) is 19.6 Å². The highest BCUT2D eigenvalue weighted by Gasteiger charge is 2.30. The van der Waals surface area contributed by atoms with Gasteiger partial charge in [-0.3, -0.25) is 0 Å². The van der Waals surface area contributed by atoms with Crippen molar-refractivity contribution in [2.45, 2.75) is 35.9 Å². The molecule has 1 heterocycles. The highest BCUT2D eigenvalue weighted by molar-refractivity contribution is 8.00. The highest BCUT2D eigenvalue weighted by Crippen LogP contribution is 2.34. The minimum atomic E-state index is -0.0411. The number of hydrogen-bond donors (Lipinski definition) is 1. The van der Waals surface area contributed by atoms with Gasteiger partial charge in [0.25, 0.3) is 0 Å². The van der Waals surface area contributed by atoms with Crippen LogP contribution in [-0.2, 0) is 4.74 Å². The summed E-state index contributed by atoms with van der Waals surface area (Å²) in [7, 11) is 0. The highest BCUT2D eigenvalue weighted by atomic mass is 32.2. The average Bonchev–Trinajstić information content (AvgIpc) is 2.27. The van der Waals surface area contributed by atoms with Gasteiger partial charge in [0.2, 0.25) is 0 Å². The van der Waals surface area contributed by atoms with E-state index in [1.807, 2.05) is 11.8 Å². The molecule has 0 aromatic rings. The summed E-state index contributed by atoms with van der Waals surface area (Å²) in [6, 6.07) is 0. The number of aliphatic hydroxyl groups excluding tert-OH is 1. The molecule has 0 amide bonds. The summed E-state index contributed by atoms with van der Waals surface area (Å²) in [5, 5.41) is 10.7. The smallest absolute Gasteiger partial charge is 0.0658 e. The van der Waals surface area contributed by atoms with Crippen LogP contribution >= 0.6 is 11.8 Å². The lowest BCUT2D eigenvalue weighted by molar-refractivity contribution is 0.0449. The van der Waals surface area contributed by atoms with Gasteiger partial charge in [-0.15, -0.1) is 11.8 Å². The van der Waals surface area contributed by atoms with Crippen molar-refractivity contribution >= 4 is 11.8 Å². The zero-order chi connectivity index (χ0) is 7.68. The Bertz CT molecular complexity index is 136. The summed E-state index contributed by atoms with van der Waals surface area (Å²) in [6.07, 6.45) is 3.36. The maximum Gasteiger partial charge on any atom is 0.0658 e. The number of ether oxygens (including phenoxy) is 1. The van der Waals surface area contributed by atoms with E-state index in [0.29, 0.717) is 10.5 Å². The molecule has 2 rings (SSSR count). The van der Waals surface area contributed by atoms with Gasteiger partial charge in [0.15, 0.2) is 0 Å². The fraction of sp³-hybridized carbons (Fsp3) is 1.00. The van der Waals surface area contributed by atoms with Gasteiger partial charge in [-0.25, -0.2) is 0 Å². The first-order valence-electron chi connectivity index (χ1n) is 4.27. The van der Waals surface area contributed by atoms with Crippen molar-refractivity contribution in [3.63, 3.8) is 0 Å². The summed E-state index contributed by atoms with van der Waals surface area (Å²) in [4.78, 5) is 0. The normalized spacial score (nSPS) is 39.0. The van der Waals surface area contributed by atoms with Crippen LogP contribution in [0.15, 0.2) is 0 Å². The molecule has 3 heteroatoms. The molecule has 0 aromatic carbocycles. The third kappa shape index (κ3) is 1.71. The van der Waals surface area contributed by atoms with E-state index in [2.05, 4.69) is 0 Å². The molecule has 1 aliphatic carbocycles. The lowest BCUT2D eigenvalue weighted by Crippen LogP contribution is -2.33. The van der Waals surface area contributed by atoms with Gasteiger partial charge >= 0.3 is 0 Å². The topological polar surface area (TPSA) is 29.5 Å². The zero-order valence-electron chi connectivity index (χ0n) is 6.53. The van der Waals surface area contributed by atoms with Gasteiger partial charge < -0.3 is 9.84 Å². The first kappa shape index (κ1) is 7.90. The molecular formula is C8H14O2S. The number of hydrogen-bond acceptors (Lipinski definition) is 3. The Balaban J connectivity index is 1.75. The van der Waals surface area contributed by atoms with Gasteiger partial charge in [0.1, 0.15) is 0 Å². The number of aliphatic hydroxyl groups is 1. The monoisotopic (exact) mass is 174 g/mol. The molecule has 1 N–H and O–H groups in total. The van der Waals surface area contributed by atoms with Gasteiger partial charge in [0, 0.05) is 5.25 Å². The van der Waals surface area contributed by atoms with Gasteiger partial charge in [-0.05, 0) is 19.3 Å². The van der Waals surface area contributed by atoms with E-state index in [-0.39, 0.29) is 6.10 Å². The van der Waals surface area contributed by atoms with Gasteiger partial charge in [-0.2, -0.15) is 0 Å². The second-order valence-electron chi connectivity index (χ2n) is 3.33. The van der Waals surface area contributed by atoms with E-state index < -0.39 is 0 Å². The minimum absolute atomic E-state index is 0.0411. The van der Waals surface area contributed by atoms with E-state index in [1.54, 1.807) is 0 Å². The Morgan fingerprint density at radius 3 is 2.55 bits per heavy atom. The molecular weight excluding hydrogens is 160 g/mol. The van der Waals surface area contributed by atoms with Crippen LogP contribution in [0.3, 0.4) is 0 Å². The van der Waals surface area contributed by atoms with Crippen LogP contribution in [0.4, 0.5) is 0 Å². The van der Waals surface area contributed by atoms with Crippen molar-refractivity contribution in [1.29, 1.82) is 0 Å². The molecule has 0 spiro atoms. The fourth-order valence-corrected chi connectivity index (χ4v) is 3.07. The van der Waals surface area contributed by atoms with Crippen LogP contribution in [0.2, 0.25) is 0 Å². The zero-order valence-corrected chi connectivity index (χ0v) is 7.35. The maximum atomic E-state index is 9.50. The van der Waals surface area contributed by atoms with Crippen molar-refractivity contribution < 1.29 is 9.84 Å². The molecule has 1 aliphatic heterocycles. The summed E-state index contributed by atoms with van der Waals surface area (Å²) in [5.41, 5.74) is 0. The van der Waals surface area contributed by atoms with Gasteiger partial charge in [0.05, 0.1) is 24.6 Å². The second-order valence-corrected chi connectivity index (χ2v) is 4.88. The quantitative estimate of drug-likeness (QED) is 0.678. The average molecular weight is 174 g/mol. The van der Waals surface area contributed by atoms with Crippen LogP contribution in [0.1, 0.15) is 19.3 Å². The fourth-order valence-electron chi connectivity index (χ4n) is 1.61. The third-order valence-corrected chi connectivity index (χ3v) is 3.95. The lowest BCUT2D eigenvalue weighted by atomic mass is 10.3. The van der Waals surface area contributed by atoms with Crippen LogP contribution in [0.25, 0.3) is 0 Å². The first-order chi connectivity index (χ1) is 5.36. The Labute approximate surface area is 71.3 Å². The second kappa shape index (κ2) is 3.33. The van der Waals surface area contributed by atoms with Crippen LogP contribution < -0.4 is 0 Å². The molecule has 0 aromatic heterocycles. The molecule has 1 saturated carbocycles. The molecule has 64 valence electrons. The van der Waals surface area contributed by atoms with E-state index >= 15 is 0 Å². The molecule has 1 saturated heterocycles. The third-order valence-electron chi connectivity index (χ3n) is 2.39. The van der Waals surface area contributed by atoms with Gasteiger partial charge in [-0.1, -0.05) is 0 Å². The van der Waals surface area contributed by atoms with E-state index in [1.165, 1.54) is 12.8 Å². The van der Waals surface area contributed by atoms with E-state index in [9.17, 15) is 5.11 Å². The molecule has 0 bridgehead atoms. The van der Waals surface area contributed by atoms with Crippen molar-refractivity contribution in [2.24, 2.45) is 0 Å². The molecule has 2 aliphatic rings. The number of thioether (sulfide) groups is 1. The summed E-state index contributed by atoms with van der Waals surface area (Å²) >= 11 is 1.93. The standard InChI is InChI=1S/C8H14O2S/c9-7-2-1-3-8(7)11-6-4-10-5-6/h6-9H,1-5H2/t7-,8-/m1/s1. The minimum Gasteiger partial charge on any atom is -0.392 e. The summed E-state index contributed by atoms with van der Waals surface area (Å²) in [5.74, 6) is 0. The lowest BCUT2D eigenvalue weighted by Gasteiger charge is -2.28. The predicted octanol–water partition coefficient (Wildman–Crippen LogP) is 1.03. The Kier molecular flexibility index (Phi) is 2.39. The van der Waals surface area contributed by atoms with Crippen LogP contribution in [0, 0.1) is 0 Å². The van der Waals surface area contributed by atoms with Crippen molar-refractivity contribution in [3.05, 3.63) is 0 Å². The largest absolute Gasteiger partial charge is 0.392 e. The first-order valence-corrected chi connectivity index (χ1v) is 5.22. The summed E-state index contributed by atoms with van der Waals surface area (Å²) in [6.45, 7) is 1.79. The van der Waals surface area contributed by atoms with Crippen LogP contribution in [0.5, 0.6) is 0 Å². The molecule has 2 fully saturated rings.